The topological polar surface area (TPSA) is 41.1 Å². The van der Waals surface area contributed by atoms with Gasteiger partial charge >= 0.3 is 6.03 Å². The van der Waals surface area contributed by atoms with Crippen molar-refractivity contribution in [1.29, 1.82) is 0 Å². The van der Waals surface area contributed by atoms with Gasteiger partial charge < -0.3 is 10.6 Å². The molecule has 0 aromatic heterocycles. The van der Waals surface area contributed by atoms with E-state index in [9.17, 15) is 18.0 Å². The first kappa shape index (κ1) is 14.9. The van der Waals surface area contributed by atoms with Gasteiger partial charge in [-0.15, -0.1) is 0 Å². The van der Waals surface area contributed by atoms with E-state index in [4.69, 9.17) is 0 Å². The average Bonchev–Trinajstić information content (AvgIpc) is 2.44. The third-order valence-corrected chi connectivity index (χ3v) is 2.79. The molecule has 0 unspecified atom stereocenters. The molecule has 2 aromatic rings. The lowest BCUT2D eigenvalue weighted by atomic mass is 10.1. The van der Waals surface area contributed by atoms with E-state index in [0.717, 1.165) is 17.7 Å². The van der Waals surface area contributed by atoms with E-state index in [-0.39, 0.29) is 11.5 Å². The van der Waals surface area contributed by atoms with E-state index in [0.29, 0.717) is 19.0 Å². The molecule has 2 amide bonds. The number of anilines is 1. The van der Waals surface area contributed by atoms with E-state index in [1.807, 2.05) is 0 Å². The van der Waals surface area contributed by atoms with Gasteiger partial charge in [-0.1, -0.05) is 12.1 Å². The molecule has 0 spiro atoms. The first-order valence-corrected chi connectivity index (χ1v) is 6.29. The molecule has 0 fully saturated rings. The third kappa shape index (κ3) is 4.52. The van der Waals surface area contributed by atoms with Crippen LogP contribution in [0.3, 0.4) is 0 Å². The summed E-state index contributed by atoms with van der Waals surface area (Å²) in [5.74, 6) is -1.88. The van der Waals surface area contributed by atoms with Gasteiger partial charge in [0.25, 0.3) is 0 Å². The second-order valence-electron chi connectivity index (χ2n) is 4.38. The van der Waals surface area contributed by atoms with E-state index in [1.54, 1.807) is 12.1 Å². The number of amides is 2. The van der Waals surface area contributed by atoms with Crippen molar-refractivity contribution in [1.82, 2.24) is 5.32 Å². The summed E-state index contributed by atoms with van der Waals surface area (Å²) in [5, 5.41) is 4.81. The summed E-state index contributed by atoms with van der Waals surface area (Å²) in [6.45, 7) is 0.306. The largest absolute Gasteiger partial charge is 0.338 e. The maximum atomic E-state index is 13.3. The summed E-state index contributed by atoms with van der Waals surface area (Å²) < 4.78 is 38.7. The number of benzene rings is 2. The molecule has 0 saturated heterocycles. The van der Waals surface area contributed by atoms with Crippen LogP contribution in [0.4, 0.5) is 23.7 Å². The normalized spacial score (nSPS) is 10.2. The summed E-state index contributed by atoms with van der Waals surface area (Å²) in [4.78, 5) is 11.6. The lowest BCUT2D eigenvalue weighted by molar-refractivity contribution is 0.252. The highest BCUT2D eigenvalue weighted by Crippen LogP contribution is 2.14. The summed E-state index contributed by atoms with van der Waals surface area (Å²) in [6, 6.07) is 8.20. The number of halogens is 3. The van der Waals surface area contributed by atoms with Gasteiger partial charge in [-0.2, -0.15) is 0 Å². The summed E-state index contributed by atoms with van der Waals surface area (Å²) >= 11 is 0. The fraction of sp³-hybridized carbons (Fsp3) is 0.133. The minimum Gasteiger partial charge on any atom is -0.338 e. The molecule has 0 aliphatic carbocycles. The van der Waals surface area contributed by atoms with Crippen LogP contribution in [0, 0.1) is 17.5 Å². The highest BCUT2D eigenvalue weighted by molar-refractivity contribution is 5.89. The molecule has 0 radical (unpaired) electrons. The van der Waals surface area contributed by atoms with Crippen LogP contribution in [0.5, 0.6) is 0 Å². The van der Waals surface area contributed by atoms with Gasteiger partial charge in [-0.3, -0.25) is 0 Å². The Hall–Kier alpha value is -2.50. The standard InChI is InChI=1S/C15H13F3N2O/c16-11-3-1-10(2-4-11)7-8-19-15(21)20-14-6-5-12(17)9-13(14)18/h1-6,9H,7-8H2,(H2,19,20,21). The van der Waals surface area contributed by atoms with Crippen LogP contribution >= 0.6 is 0 Å². The van der Waals surface area contributed by atoms with Gasteiger partial charge in [0.15, 0.2) is 0 Å². The Labute approximate surface area is 119 Å². The number of nitrogens with one attached hydrogen (secondary N) is 2. The maximum absolute atomic E-state index is 13.3. The van der Waals surface area contributed by atoms with Gasteiger partial charge in [-0.25, -0.2) is 18.0 Å². The van der Waals surface area contributed by atoms with Crippen LogP contribution in [0.2, 0.25) is 0 Å². The van der Waals surface area contributed by atoms with E-state index >= 15 is 0 Å². The van der Waals surface area contributed by atoms with Crippen LogP contribution in [0.25, 0.3) is 0 Å². The monoisotopic (exact) mass is 294 g/mol. The van der Waals surface area contributed by atoms with Crippen LogP contribution in [0.1, 0.15) is 5.56 Å². The van der Waals surface area contributed by atoms with Crippen molar-refractivity contribution < 1.29 is 18.0 Å². The Morgan fingerprint density at radius 1 is 0.952 bits per heavy atom. The molecule has 0 atom stereocenters. The van der Waals surface area contributed by atoms with Crippen LogP contribution in [-0.4, -0.2) is 12.6 Å². The number of hydrogen-bond acceptors (Lipinski definition) is 1. The molecule has 0 aliphatic heterocycles. The lowest BCUT2D eigenvalue weighted by Gasteiger charge is -2.08. The third-order valence-electron chi connectivity index (χ3n) is 2.79. The lowest BCUT2D eigenvalue weighted by Crippen LogP contribution is -2.30. The van der Waals surface area contributed by atoms with Gasteiger partial charge in [0.1, 0.15) is 17.5 Å². The Balaban J connectivity index is 1.81. The van der Waals surface area contributed by atoms with Crippen LogP contribution < -0.4 is 10.6 Å². The van der Waals surface area contributed by atoms with Crippen molar-refractivity contribution in [3.05, 3.63) is 65.5 Å². The maximum Gasteiger partial charge on any atom is 0.319 e. The van der Waals surface area contributed by atoms with E-state index in [1.165, 1.54) is 12.1 Å². The zero-order valence-electron chi connectivity index (χ0n) is 11.0. The Morgan fingerprint density at radius 2 is 1.62 bits per heavy atom. The molecule has 110 valence electrons. The molecule has 0 bridgehead atoms. The number of hydrogen-bond donors (Lipinski definition) is 2. The average molecular weight is 294 g/mol. The Morgan fingerprint density at radius 3 is 2.29 bits per heavy atom. The Bertz CT molecular complexity index is 629. The molecule has 3 nitrogen and oxygen atoms in total. The second kappa shape index (κ2) is 6.78. The minimum atomic E-state index is -0.844. The quantitative estimate of drug-likeness (QED) is 0.890. The molecule has 2 rings (SSSR count). The van der Waals surface area contributed by atoms with Crippen molar-refractivity contribution in [2.75, 3.05) is 11.9 Å². The zero-order valence-corrected chi connectivity index (χ0v) is 11.0. The molecule has 6 heteroatoms. The molecule has 0 saturated carbocycles. The molecule has 2 N–H and O–H groups in total. The summed E-state index contributed by atoms with van der Waals surface area (Å²) in [5.41, 5.74) is 0.764. The Kier molecular flexibility index (Phi) is 4.81. The minimum absolute atomic E-state index is 0.101. The van der Waals surface area contributed by atoms with Crippen molar-refractivity contribution >= 4 is 11.7 Å². The zero-order chi connectivity index (χ0) is 15.2. The van der Waals surface area contributed by atoms with Crippen molar-refractivity contribution in [2.24, 2.45) is 0 Å². The smallest absolute Gasteiger partial charge is 0.319 e. The SMILES string of the molecule is O=C(NCCc1ccc(F)cc1)Nc1ccc(F)cc1F. The van der Waals surface area contributed by atoms with Crippen molar-refractivity contribution in [3.8, 4) is 0 Å². The van der Waals surface area contributed by atoms with E-state index < -0.39 is 17.7 Å². The van der Waals surface area contributed by atoms with E-state index in [2.05, 4.69) is 10.6 Å². The molecule has 2 aromatic carbocycles. The number of rotatable bonds is 4. The highest BCUT2D eigenvalue weighted by atomic mass is 19.1. The van der Waals surface area contributed by atoms with Gasteiger partial charge in [0.2, 0.25) is 0 Å². The predicted molar refractivity (Wildman–Crippen MR) is 73.5 cm³/mol. The highest BCUT2D eigenvalue weighted by Gasteiger charge is 2.07. The molecule has 0 aliphatic rings. The molecular weight excluding hydrogens is 281 g/mol. The predicted octanol–water partition coefficient (Wildman–Crippen LogP) is 3.47. The van der Waals surface area contributed by atoms with Crippen molar-refractivity contribution in [3.63, 3.8) is 0 Å². The summed E-state index contributed by atoms with van der Waals surface area (Å²) in [7, 11) is 0. The number of carbonyl (C=O) groups excluding carboxylic acids is 1. The molecule has 21 heavy (non-hydrogen) atoms. The second-order valence-corrected chi connectivity index (χ2v) is 4.38. The van der Waals surface area contributed by atoms with Gasteiger partial charge in [0, 0.05) is 12.6 Å². The number of carbonyl (C=O) groups is 1. The fourth-order valence-corrected chi connectivity index (χ4v) is 1.73. The first-order chi connectivity index (χ1) is 10.0. The van der Waals surface area contributed by atoms with Gasteiger partial charge in [-0.05, 0) is 36.2 Å². The van der Waals surface area contributed by atoms with Crippen LogP contribution in [-0.2, 0) is 6.42 Å². The van der Waals surface area contributed by atoms with Crippen LogP contribution in [0.15, 0.2) is 42.5 Å². The first-order valence-electron chi connectivity index (χ1n) is 6.29. The summed E-state index contributed by atoms with van der Waals surface area (Å²) in [6.07, 6.45) is 0.513. The number of urea groups is 1. The van der Waals surface area contributed by atoms with Crippen molar-refractivity contribution in [2.45, 2.75) is 6.42 Å². The molecular formula is C15H13F3N2O. The molecule has 0 heterocycles. The van der Waals surface area contributed by atoms with Gasteiger partial charge in [0.05, 0.1) is 5.69 Å². The fourth-order valence-electron chi connectivity index (χ4n) is 1.73.